The van der Waals surface area contributed by atoms with Crippen LogP contribution in [0.15, 0.2) is 23.2 Å². The Labute approximate surface area is 127 Å². The molecular weight excluding hydrogens is 284 g/mol. The molecule has 0 aromatic carbocycles. The molecule has 2 aliphatic rings. The van der Waals surface area contributed by atoms with Crippen LogP contribution in [0.5, 0.6) is 0 Å². The summed E-state index contributed by atoms with van der Waals surface area (Å²) in [5.41, 5.74) is 3.64. The van der Waals surface area contributed by atoms with E-state index in [0.29, 0.717) is 23.7 Å². The molecule has 21 heavy (non-hydrogen) atoms. The number of aryl methyl sites for hydroxylation is 1. The van der Waals surface area contributed by atoms with Gasteiger partial charge in [-0.25, -0.2) is 4.98 Å². The number of hydrogen-bond donors (Lipinski definition) is 0. The quantitative estimate of drug-likeness (QED) is 0.856. The van der Waals surface area contributed by atoms with Gasteiger partial charge >= 0.3 is 0 Å². The summed E-state index contributed by atoms with van der Waals surface area (Å²) in [7, 11) is 2.00. The molecular formula is C15H18N4OS. The van der Waals surface area contributed by atoms with Gasteiger partial charge in [0.1, 0.15) is 5.69 Å². The van der Waals surface area contributed by atoms with Gasteiger partial charge in [-0.2, -0.15) is 5.10 Å². The predicted octanol–water partition coefficient (Wildman–Crippen LogP) is 2.43. The monoisotopic (exact) mass is 302 g/mol. The van der Waals surface area contributed by atoms with Gasteiger partial charge in [0.2, 0.25) is 0 Å². The van der Waals surface area contributed by atoms with Crippen molar-refractivity contribution in [3.05, 3.63) is 34.5 Å². The Morgan fingerprint density at radius 2 is 2.10 bits per heavy atom. The van der Waals surface area contributed by atoms with E-state index in [1.165, 1.54) is 17.0 Å². The van der Waals surface area contributed by atoms with E-state index in [9.17, 15) is 4.79 Å². The lowest BCUT2D eigenvalue weighted by Crippen LogP contribution is -2.46. The van der Waals surface area contributed by atoms with Crippen molar-refractivity contribution >= 4 is 17.2 Å². The number of piperidine rings is 1. The van der Waals surface area contributed by atoms with Crippen LogP contribution in [0.1, 0.15) is 47.8 Å². The number of carbonyl (C=O) groups is 1. The highest BCUT2D eigenvalue weighted by Crippen LogP contribution is 2.43. The molecule has 0 radical (unpaired) electrons. The van der Waals surface area contributed by atoms with E-state index in [0.717, 1.165) is 25.7 Å². The molecule has 2 aromatic heterocycles. The summed E-state index contributed by atoms with van der Waals surface area (Å²) in [6, 6.07) is 2.83. The third-order valence-corrected chi connectivity index (χ3v) is 5.48. The first-order valence-corrected chi connectivity index (χ1v) is 8.37. The fraction of sp³-hybridized carbons (Fsp3) is 0.533. The summed E-state index contributed by atoms with van der Waals surface area (Å²) in [5, 5.41) is 6.14. The summed E-state index contributed by atoms with van der Waals surface area (Å²) in [6.45, 7) is 0. The number of fused-ring (bicyclic) bond motifs is 2. The molecule has 4 heterocycles. The molecule has 6 heteroatoms. The van der Waals surface area contributed by atoms with E-state index in [-0.39, 0.29) is 5.91 Å². The predicted molar refractivity (Wildman–Crippen MR) is 80.3 cm³/mol. The smallest absolute Gasteiger partial charge is 0.273 e. The molecule has 0 N–H and O–H groups in total. The zero-order valence-electron chi connectivity index (χ0n) is 12.0. The van der Waals surface area contributed by atoms with Gasteiger partial charge in [-0.1, -0.05) is 0 Å². The van der Waals surface area contributed by atoms with Crippen LogP contribution in [0.2, 0.25) is 0 Å². The molecule has 2 aromatic rings. The molecule has 2 unspecified atom stereocenters. The highest BCUT2D eigenvalue weighted by Gasteiger charge is 2.44. The molecule has 0 aliphatic carbocycles. The average Bonchev–Trinajstić information content (AvgIpc) is 3.19. The third kappa shape index (κ3) is 2.09. The molecule has 110 valence electrons. The Hall–Kier alpha value is -1.69. The highest BCUT2D eigenvalue weighted by molar-refractivity contribution is 7.07. The number of hydrogen-bond acceptors (Lipinski definition) is 4. The molecule has 2 saturated heterocycles. The first kappa shape index (κ1) is 13.0. The second-order valence-corrected chi connectivity index (χ2v) is 6.74. The van der Waals surface area contributed by atoms with Gasteiger partial charge in [0.15, 0.2) is 0 Å². The van der Waals surface area contributed by atoms with E-state index in [1.54, 1.807) is 5.51 Å². The number of rotatable bonds is 2. The standard InChI is InChI=1S/C15H18N4OS/c1-18-14(4-5-17-18)10-6-11-2-3-12(7-10)19(11)15(20)13-8-21-9-16-13/h4-5,8-12H,2-3,6-7H2,1H3. The SMILES string of the molecule is Cn1nccc1C1CC2CCC(C1)N2C(=O)c1cscn1. The molecule has 2 aliphatic heterocycles. The third-order valence-electron chi connectivity index (χ3n) is 4.90. The number of aromatic nitrogens is 3. The van der Waals surface area contributed by atoms with Gasteiger partial charge in [-0.15, -0.1) is 11.3 Å². The van der Waals surface area contributed by atoms with Crippen molar-refractivity contribution in [2.75, 3.05) is 0 Å². The van der Waals surface area contributed by atoms with Crippen molar-refractivity contribution in [1.29, 1.82) is 0 Å². The van der Waals surface area contributed by atoms with Crippen molar-refractivity contribution in [2.45, 2.75) is 43.7 Å². The second-order valence-electron chi connectivity index (χ2n) is 6.02. The average molecular weight is 302 g/mol. The van der Waals surface area contributed by atoms with Crippen molar-refractivity contribution in [3.63, 3.8) is 0 Å². The molecule has 2 fully saturated rings. The zero-order valence-corrected chi connectivity index (χ0v) is 12.8. The van der Waals surface area contributed by atoms with Crippen molar-refractivity contribution in [2.24, 2.45) is 7.05 Å². The molecule has 5 nitrogen and oxygen atoms in total. The van der Waals surface area contributed by atoms with Gasteiger partial charge in [0.05, 0.1) is 5.51 Å². The fourth-order valence-electron chi connectivity index (χ4n) is 3.99. The summed E-state index contributed by atoms with van der Waals surface area (Å²) >= 11 is 1.49. The number of carbonyl (C=O) groups excluding carboxylic acids is 1. The van der Waals surface area contributed by atoms with Crippen LogP contribution in [-0.2, 0) is 7.05 Å². The fourth-order valence-corrected chi connectivity index (χ4v) is 4.51. The van der Waals surface area contributed by atoms with Crippen LogP contribution in [-0.4, -0.2) is 37.7 Å². The first-order valence-electron chi connectivity index (χ1n) is 7.43. The van der Waals surface area contributed by atoms with Crippen LogP contribution in [0.4, 0.5) is 0 Å². The minimum Gasteiger partial charge on any atom is -0.331 e. The lowest BCUT2D eigenvalue weighted by molar-refractivity contribution is 0.0563. The molecule has 2 atom stereocenters. The lowest BCUT2D eigenvalue weighted by atomic mass is 9.88. The van der Waals surface area contributed by atoms with E-state index in [1.807, 2.05) is 23.3 Å². The molecule has 0 saturated carbocycles. The van der Waals surface area contributed by atoms with Crippen molar-refractivity contribution in [1.82, 2.24) is 19.7 Å². The topological polar surface area (TPSA) is 51.0 Å². The highest BCUT2D eigenvalue weighted by atomic mass is 32.1. The normalized spacial score (nSPS) is 28.0. The largest absolute Gasteiger partial charge is 0.331 e. The van der Waals surface area contributed by atoms with Crippen LogP contribution in [0.25, 0.3) is 0 Å². The molecule has 2 bridgehead atoms. The van der Waals surface area contributed by atoms with Crippen LogP contribution in [0.3, 0.4) is 0 Å². The first-order chi connectivity index (χ1) is 10.2. The molecule has 0 spiro atoms. The van der Waals surface area contributed by atoms with Crippen LogP contribution in [0, 0.1) is 0 Å². The van der Waals surface area contributed by atoms with Crippen molar-refractivity contribution in [3.8, 4) is 0 Å². The maximum atomic E-state index is 12.6. The van der Waals surface area contributed by atoms with E-state index < -0.39 is 0 Å². The van der Waals surface area contributed by atoms with E-state index in [2.05, 4.69) is 21.0 Å². The maximum absolute atomic E-state index is 12.6. The summed E-state index contributed by atoms with van der Waals surface area (Å²) in [6.07, 6.45) is 6.20. The second kappa shape index (κ2) is 4.94. The Balaban J connectivity index is 1.57. The number of nitrogens with zero attached hydrogens (tertiary/aromatic N) is 4. The van der Waals surface area contributed by atoms with Gasteiger partial charge in [0.25, 0.3) is 5.91 Å². The minimum atomic E-state index is 0.118. The Morgan fingerprint density at radius 3 is 2.67 bits per heavy atom. The Bertz CT molecular complexity index is 636. The lowest BCUT2D eigenvalue weighted by Gasteiger charge is -2.38. The van der Waals surface area contributed by atoms with Crippen molar-refractivity contribution < 1.29 is 4.79 Å². The number of amides is 1. The molecule has 4 rings (SSSR count). The van der Waals surface area contributed by atoms with Gasteiger partial charge in [-0.3, -0.25) is 9.48 Å². The summed E-state index contributed by atoms with van der Waals surface area (Å²) in [4.78, 5) is 18.9. The van der Waals surface area contributed by atoms with Gasteiger partial charge < -0.3 is 4.90 Å². The van der Waals surface area contributed by atoms with Crippen LogP contribution >= 0.6 is 11.3 Å². The van der Waals surface area contributed by atoms with Crippen LogP contribution < -0.4 is 0 Å². The van der Waals surface area contributed by atoms with Gasteiger partial charge in [0, 0.05) is 42.3 Å². The Morgan fingerprint density at radius 1 is 1.33 bits per heavy atom. The number of thiazole rings is 1. The summed E-state index contributed by atoms with van der Waals surface area (Å²) < 4.78 is 1.97. The molecule has 1 amide bonds. The minimum absolute atomic E-state index is 0.118. The zero-order chi connectivity index (χ0) is 14.4. The summed E-state index contributed by atoms with van der Waals surface area (Å²) in [5.74, 6) is 0.640. The van der Waals surface area contributed by atoms with E-state index in [4.69, 9.17) is 0 Å². The maximum Gasteiger partial charge on any atom is 0.273 e. The van der Waals surface area contributed by atoms with E-state index >= 15 is 0 Å². The van der Waals surface area contributed by atoms with Gasteiger partial charge in [-0.05, 0) is 31.7 Å². The Kier molecular flexibility index (Phi) is 3.06.